The van der Waals surface area contributed by atoms with Crippen LogP contribution in [0.3, 0.4) is 0 Å². The number of aromatic nitrogens is 1. The molecule has 23 heavy (non-hydrogen) atoms. The second-order valence-electron chi connectivity index (χ2n) is 4.53. The second-order valence-corrected chi connectivity index (χ2v) is 6.85. The SMILES string of the molecule is COc1ccc(Cl)cc1NC(=O)Nc1nc2c(Br)cccc2s1. The summed E-state index contributed by atoms with van der Waals surface area (Å²) in [5.41, 5.74) is 1.30. The minimum absolute atomic E-state index is 0.416. The summed E-state index contributed by atoms with van der Waals surface area (Å²) in [4.78, 5) is 16.6. The molecule has 2 aromatic carbocycles. The fourth-order valence-corrected chi connectivity index (χ4v) is 3.64. The van der Waals surface area contributed by atoms with Crippen molar-refractivity contribution >= 4 is 65.9 Å². The molecule has 0 aliphatic rings. The Morgan fingerprint density at radius 2 is 2.13 bits per heavy atom. The zero-order valence-electron chi connectivity index (χ0n) is 11.9. The lowest BCUT2D eigenvalue weighted by Crippen LogP contribution is -2.19. The number of rotatable bonds is 3. The van der Waals surface area contributed by atoms with E-state index in [9.17, 15) is 4.79 Å². The molecule has 5 nitrogen and oxygen atoms in total. The molecule has 0 unspecified atom stereocenters. The number of carbonyl (C=O) groups excluding carboxylic acids is 1. The molecule has 0 aliphatic carbocycles. The highest BCUT2D eigenvalue weighted by Gasteiger charge is 2.12. The van der Waals surface area contributed by atoms with E-state index in [1.165, 1.54) is 18.4 Å². The molecule has 0 saturated carbocycles. The predicted molar refractivity (Wildman–Crippen MR) is 98.0 cm³/mol. The highest BCUT2D eigenvalue weighted by atomic mass is 79.9. The summed E-state index contributed by atoms with van der Waals surface area (Å²) in [6, 6.07) is 10.4. The van der Waals surface area contributed by atoms with E-state index in [1.54, 1.807) is 18.2 Å². The number of urea groups is 1. The van der Waals surface area contributed by atoms with E-state index in [2.05, 4.69) is 31.5 Å². The van der Waals surface area contributed by atoms with Crippen LogP contribution in [0.15, 0.2) is 40.9 Å². The summed E-state index contributed by atoms with van der Waals surface area (Å²) in [5.74, 6) is 0.525. The number of fused-ring (bicyclic) bond motifs is 1. The molecule has 3 aromatic rings. The first-order valence-electron chi connectivity index (χ1n) is 6.53. The third-order valence-electron chi connectivity index (χ3n) is 3.00. The number of carbonyl (C=O) groups is 1. The number of thiazole rings is 1. The third kappa shape index (κ3) is 3.57. The standard InChI is InChI=1S/C15H11BrClN3O2S/c1-22-11-6-5-8(17)7-10(11)18-14(21)20-15-19-13-9(16)3-2-4-12(13)23-15/h2-7H,1H3,(H2,18,19,20,21). The highest BCUT2D eigenvalue weighted by molar-refractivity contribution is 9.10. The lowest BCUT2D eigenvalue weighted by molar-refractivity contribution is 0.262. The van der Waals surface area contributed by atoms with E-state index < -0.39 is 6.03 Å². The minimum atomic E-state index is -0.416. The first-order chi connectivity index (χ1) is 11.1. The summed E-state index contributed by atoms with van der Waals surface area (Å²) in [6.45, 7) is 0. The van der Waals surface area contributed by atoms with Crippen LogP contribution in [0.2, 0.25) is 5.02 Å². The Labute approximate surface area is 149 Å². The Morgan fingerprint density at radius 3 is 2.87 bits per heavy atom. The van der Waals surface area contributed by atoms with Crippen LogP contribution in [0.1, 0.15) is 0 Å². The molecular weight excluding hydrogens is 402 g/mol. The van der Waals surface area contributed by atoms with Crippen LogP contribution in [0, 0.1) is 0 Å². The van der Waals surface area contributed by atoms with E-state index in [0.29, 0.717) is 21.6 Å². The summed E-state index contributed by atoms with van der Waals surface area (Å²) in [6.07, 6.45) is 0. The van der Waals surface area contributed by atoms with Gasteiger partial charge in [0, 0.05) is 9.50 Å². The topological polar surface area (TPSA) is 63.2 Å². The molecular formula is C15H11BrClN3O2S. The van der Waals surface area contributed by atoms with Gasteiger partial charge >= 0.3 is 6.03 Å². The second kappa shape index (κ2) is 6.74. The van der Waals surface area contributed by atoms with Crippen molar-refractivity contribution in [1.82, 2.24) is 4.98 Å². The van der Waals surface area contributed by atoms with Crippen molar-refractivity contribution in [3.05, 3.63) is 45.9 Å². The largest absolute Gasteiger partial charge is 0.495 e. The van der Waals surface area contributed by atoms with Crippen molar-refractivity contribution < 1.29 is 9.53 Å². The number of nitrogens with one attached hydrogen (secondary N) is 2. The van der Waals surface area contributed by atoms with Gasteiger partial charge in [-0.25, -0.2) is 9.78 Å². The lowest BCUT2D eigenvalue weighted by Gasteiger charge is -2.10. The third-order valence-corrected chi connectivity index (χ3v) is 4.81. The average molecular weight is 413 g/mol. The van der Waals surface area contributed by atoms with Gasteiger partial charge in [-0.2, -0.15) is 0 Å². The number of hydrogen-bond donors (Lipinski definition) is 2. The number of methoxy groups -OCH3 is 1. The quantitative estimate of drug-likeness (QED) is 0.608. The summed E-state index contributed by atoms with van der Waals surface area (Å²) in [7, 11) is 1.53. The number of benzene rings is 2. The zero-order chi connectivity index (χ0) is 16.4. The minimum Gasteiger partial charge on any atom is -0.495 e. The van der Waals surface area contributed by atoms with E-state index in [1.807, 2.05) is 18.2 Å². The van der Waals surface area contributed by atoms with Crippen LogP contribution in [0.4, 0.5) is 15.6 Å². The maximum Gasteiger partial charge on any atom is 0.325 e. The van der Waals surface area contributed by atoms with E-state index in [0.717, 1.165) is 14.7 Å². The summed E-state index contributed by atoms with van der Waals surface area (Å²) >= 11 is 10.8. The molecule has 1 heterocycles. The Bertz CT molecular complexity index is 884. The normalized spacial score (nSPS) is 10.6. The number of halogens is 2. The van der Waals surface area contributed by atoms with Gasteiger partial charge in [-0.1, -0.05) is 29.0 Å². The van der Waals surface area contributed by atoms with Crippen molar-refractivity contribution in [2.45, 2.75) is 0 Å². The van der Waals surface area contributed by atoms with Gasteiger partial charge in [-0.3, -0.25) is 5.32 Å². The van der Waals surface area contributed by atoms with Gasteiger partial charge < -0.3 is 10.1 Å². The molecule has 0 fully saturated rings. The molecule has 0 bridgehead atoms. The van der Waals surface area contributed by atoms with Crippen LogP contribution >= 0.6 is 38.9 Å². The summed E-state index contributed by atoms with van der Waals surface area (Å²) in [5, 5.41) is 6.43. The Morgan fingerprint density at radius 1 is 1.30 bits per heavy atom. The van der Waals surface area contributed by atoms with Crippen LogP contribution < -0.4 is 15.4 Å². The number of para-hydroxylation sites is 1. The first kappa shape index (κ1) is 16.0. The first-order valence-corrected chi connectivity index (χ1v) is 8.52. The molecule has 0 aliphatic heterocycles. The molecule has 2 amide bonds. The molecule has 3 rings (SSSR count). The smallest absolute Gasteiger partial charge is 0.325 e. The van der Waals surface area contributed by atoms with Crippen LogP contribution in [0.25, 0.3) is 10.2 Å². The number of nitrogens with zero attached hydrogens (tertiary/aromatic N) is 1. The van der Waals surface area contributed by atoms with Crippen LogP contribution in [-0.4, -0.2) is 18.1 Å². The van der Waals surface area contributed by atoms with Crippen molar-refractivity contribution in [2.24, 2.45) is 0 Å². The Kier molecular flexibility index (Phi) is 4.70. The van der Waals surface area contributed by atoms with Crippen molar-refractivity contribution in [1.29, 1.82) is 0 Å². The van der Waals surface area contributed by atoms with Crippen LogP contribution in [0.5, 0.6) is 5.75 Å². The highest BCUT2D eigenvalue weighted by Crippen LogP contribution is 2.31. The number of hydrogen-bond acceptors (Lipinski definition) is 4. The van der Waals surface area contributed by atoms with Gasteiger partial charge in [0.1, 0.15) is 5.75 Å². The van der Waals surface area contributed by atoms with E-state index in [-0.39, 0.29) is 0 Å². The lowest BCUT2D eigenvalue weighted by atomic mass is 10.3. The molecule has 0 atom stereocenters. The van der Waals surface area contributed by atoms with Gasteiger partial charge in [0.05, 0.1) is 23.0 Å². The number of ether oxygens (including phenoxy) is 1. The fourth-order valence-electron chi connectivity index (χ4n) is 2.00. The van der Waals surface area contributed by atoms with Crippen molar-refractivity contribution in [3.8, 4) is 5.75 Å². The van der Waals surface area contributed by atoms with Gasteiger partial charge in [-0.05, 0) is 46.3 Å². The average Bonchev–Trinajstić information content (AvgIpc) is 2.91. The molecule has 0 saturated heterocycles. The van der Waals surface area contributed by atoms with Crippen molar-refractivity contribution in [3.63, 3.8) is 0 Å². The molecule has 118 valence electrons. The molecule has 1 aromatic heterocycles. The van der Waals surface area contributed by atoms with Gasteiger partial charge in [-0.15, -0.1) is 0 Å². The fraction of sp³-hybridized carbons (Fsp3) is 0.0667. The predicted octanol–water partition coefficient (Wildman–Crippen LogP) is 5.36. The van der Waals surface area contributed by atoms with E-state index in [4.69, 9.17) is 16.3 Å². The van der Waals surface area contributed by atoms with Crippen LogP contribution in [-0.2, 0) is 0 Å². The van der Waals surface area contributed by atoms with Gasteiger partial charge in [0.25, 0.3) is 0 Å². The number of anilines is 2. The summed E-state index contributed by atoms with van der Waals surface area (Å²) < 4.78 is 7.06. The molecule has 0 radical (unpaired) electrons. The van der Waals surface area contributed by atoms with Gasteiger partial charge in [0.2, 0.25) is 0 Å². The van der Waals surface area contributed by atoms with E-state index >= 15 is 0 Å². The Hall–Kier alpha value is -1.83. The Balaban J connectivity index is 1.78. The zero-order valence-corrected chi connectivity index (χ0v) is 15.1. The molecule has 0 spiro atoms. The van der Waals surface area contributed by atoms with Gasteiger partial charge in [0.15, 0.2) is 5.13 Å². The maximum atomic E-state index is 12.2. The molecule has 8 heteroatoms. The number of amides is 2. The maximum absolute atomic E-state index is 12.2. The van der Waals surface area contributed by atoms with Crippen molar-refractivity contribution in [2.75, 3.05) is 17.7 Å². The molecule has 2 N–H and O–H groups in total. The monoisotopic (exact) mass is 411 g/mol.